The molecule has 2 aromatic rings. The number of nitrogens with zero attached hydrogens (tertiary/aromatic N) is 2. The van der Waals surface area contributed by atoms with Gasteiger partial charge in [-0.05, 0) is 75.5 Å². The summed E-state index contributed by atoms with van der Waals surface area (Å²) in [6.07, 6.45) is 4.11. The van der Waals surface area contributed by atoms with Gasteiger partial charge in [-0.1, -0.05) is 43.3 Å². The fraction of sp³-hybridized carbons (Fsp3) is 0.576. The van der Waals surface area contributed by atoms with Gasteiger partial charge in [0.2, 0.25) is 0 Å². The highest BCUT2D eigenvalue weighted by Gasteiger charge is 2.41. The van der Waals surface area contributed by atoms with E-state index < -0.39 is 18.3 Å². The summed E-state index contributed by atoms with van der Waals surface area (Å²) in [5.74, 6) is -0.395. The molecule has 43 heavy (non-hydrogen) atoms. The van der Waals surface area contributed by atoms with E-state index in [9.17, 15) is 14.7 Å². The maximum atomic E-state index is 12.4. The molecule has 0 bridgehead atoms. The second-order valence-electron chi connectivity index (χ2n) is 11.9. The Hall–Kier alpha value is -3.02. The Balaban J connectivity index is 1.32. The van der Waals surface area contributed by atoms with Crippen LogP contribution in [0.1, 0.15) is 68.6 Å². The number of likely N-dealkylation sites (tertiary alicyclic amines) is 2. The molecule has 2 amide bonds. The molecule has 3 aliphatic rings. The van der Waals surface area contributed by atoms with Crippen molar-refractivity contribution in [3.63, 3.8) is 0 Å². The van der Waals surface area contributed by atoms with Crippen molar-refractivity contribution in [3.05, 3.63) is 65.2 Å². The van der Waals surface area contributed by atoms with Gasteiger partial charge in [-0.25, -0.2) is 4.79 Å². The average molecular weight is 595 g/mol. The third-order valence-corrected chi connectivity index (χ3v) is 8.82. The van der Waals surface area contributed by atoms with Gasteiger partial charge in [0.15, 0.2) is 6.29 Å². The van der Waals surface area contributed by atoms with Crippen LogP contribution in [0.4, 0.5) is 10.5 Å². The number of ether oxygens (including phenoxy) is 3. The quantitative estimate of drug-likeness (QED) is 0.332. The lowest BCUT2D eigenvalue weighted by Crippen LogP contribution is -2.48. The number of aliphatic hydroxyl groups excluding tert-OH is 1. The molecule has 0 spiro atoms. The Morgan fingerprint density at radius 1 is 1.00 bits per heavy atom. The number of rotatable bonds is 11. The first-order valence-corrected chi connectivity index (χ1v) is 15.7. The van der Waals surface area contributed by atoms with E-state index in [2.05, 4.69) is 27.4 Å². The van der Waals surface area contributed by atoms with Crippen molar-refractivity contribution >= 4 is 17.7 Å². The molecule has 10 heteroatoms. The summed E-state index contributed by atoms with van der Waals surface area (Å²) in [6, 6.07) is 15.4. The number of urea groups is 1. The topological polar surface area (TPSA) is 113 Å². The molecule has 10 nitrogen and oxygen atoms in total. The molecular weight excluding hydrogens is 548 g/mol. The van der Waals surface area contributed by atoms with E-state index in [0.29, 0.717) is 11.7 Å². The predicted molar refractivity (Wildman–Crippen MR) is 163 cm³/mol. The number of carbonyl (C=O) groups excluding carboxylic acids is 2. The summed E-state index contributed by atoms with van der Waals surface area (Å²) < 4.78 is 18.2. The van der Waals surface area contributed by atoms with E-state index >= 15 is 0 Å². The summed E-state index contributed by atoms with van der Waals surface area (Å²) in [5.41, 5.74) is 3.27. The van der Waals surface area contributed by atoms with Crippen LogP contribution in [0, 0.1) is 5.92 Å². The lowest BCUT2D eigenvalue weighted by atomic mass is 9.90. The summed E-state index contributed by atoms with van der Waals surface area (Å²) in [7, 11) is 0. The molecule has 5 atom stereocenters. The van der Waals surface area contributed by atoms with Crippen LogP contribution in [-0.2, 0) is 25.6 Å². The smallest absolute Gasteiger partial charge is 0.325 e. The summed E-state index contributed by atoms with van der Waals surface area (Å²) in [4.78, 5) is 29.3. The van der Waals surface area contributed by atoms with Gasteiger partial charge in [-0.3, -0.25) is 9.69 Å². The van der Waals surface area contributed by atoms with Gasteiger partial charge in [0.05, 0.1) is 25.4 Å². The van der Waals surface area contributed by atoms with Crippen LogP contribution in [-0.4, -0.2) is 84.9 Å². The second-order valence-corrected chi connectivity index (χ2v) is 11.9. The molecule has 0 aromatic heterocycles. The van der Waals surface area contributed by atoms with E-state index in [1.807, 2.05) is 42.5 Å². The zero-order valence-electron chi connectivity index (χ0n) is 25.4. The number of carbonyl (C=O) groups is 2. The Bertz CT molecular complexity index is 1200. The fourth-order valence-electron chi connectivity index (χ4n) is 6.47. The van der Waals surface area contributed by atoms with E-state index in [0.717, 1.165) is 36.3 Å². The number of hydrogen-bond acceptors (Lipinski definition) is 8. The third kappa shape index (κ3) is 8.33. The van der Waals surface area contributed by atoms with Gasteiger partial charge < -0.3 is 34.9 Å². The highest BCUT2D eigenvalue weighted by molar-refractivity contribution is 5.91. The molecule has 3 fully saturated rings. The number of aliphatic hydroxyl groups is 1. The number of nitrogens with one attached hydrogen (secondary N) is 2. The Morgan fingerprint density at radius 3 is 2.53 bits per heavy atom. The van der Waals surface area contributed by atoms with Crippen molar-refractivity contribution in [2.24, 2.45) is 5.92 Å². The van der Waals surface area contributed by atoms with Crippen molar-refractivity contribution in [1.82, 2.24) is 15.1 Å². The van der Waals surface area contributed by atoms with Gasteiger partial charge in [0.1, 0.15) is 6.54 Å². The van der Waals surface area contributed by atoms with Crippen LogP contribution < -0.4 is 10.6 Å². The van der Waals surface area contributed by atoms with Crippen LogP contribution in [0.15, 0.2) is 48.5 Å². The Labute approximate surface area is 254 Å². The minimum absolute atomic E-state index is 0.00373. The van der Waals surface area contributed by atoms with E-state index in [-0.39, 0.29) is 37.9 Å². The third-order valence-electron chi connectivity index (χ3n) is 8.82. The van der Waals surface area contributed by atoms with Crippen molar-refractivity contribution in [2.45, 2.75) is 70.7 Å². The second kappa shape index (κ2) is 15.1. The molecule has 0 unspecified atom stereocenters. The highest BCUT2D eigenvalue weighted by Crippen LogP contribution is 2.42. The van der Waals surface area contributed by atoms with E-state index in [4.69, 9.17) is 14.2 Å². The summed E-state index contributed by atoms with van der Waals surface area (Å²) in [6.45, 7) is 9.40. The molecule has 3 N–H and O–H groups in total. The minimum atomic E-state index is -0.632. The predicted octanol–water partition coefficient (Wildman–Crippen LogP) is 4.22. The van der Waals surface area contributed by atoms with Crippen molar-refractivity contribution < 1.29 is 28.9 Å². The van der Waals surface area contributed by atoms with Gasteiger partial charge >= 0.3 is 12.0 Å². The van der Waals surface area contributed by atoms with Crippen LogP contribution in [0.3, 0.4) is 0 Å². The van der Waals surface area contributed by atoms with Crippen LogP contribution in [0.5, 0.6) is 0 Å². The van der Waals surface area contributed by atoms with E-state index in [1.165, 1.54) is 38.8 Å². The molecule has 234 valence electrons. The lowest BCUT2D eigenvalue weighted by Gasteiger charge is -2.43. The molecule has 0 radical (unpaired) electrons. The Morgan fingerprint density at radius 2 is 1.79 bits per heavy atom. The van der Waals surface area contributed by atoms with Gasteiger partial charge in [0, 0.05) is 36.3 Å². The molecule has 3 aliphatic heterocycles. The lowest BCUT2D eigenvalue weighted by molar-refractivity contribution is -0.276. The van der Waals surface area contributed by atoms with Crippen molar-refractivity contribution in [1.29, 1.82) is 0 Å². The molecule has 2 aromatic carbocycles. The Kier molecular flexibility index (Phi) is 11.0. The number of anilines is 1. The number of amides is 2. The molecule has 3 heterocycles. The van der Waals surface area contributed by atoms with E-state index in [1.54, 1.807) is 13.0 Å². The monoisotopic (exact) mass is 594 g/mol. The number of esters is 1. The molecule has 5 rings (SSSR count). The first-order valence-electron chi connectivity index (χ1n) is 15.7. The first kappa shape index (κ1) is 31.4. The maximum absolute atomic E-state index is 12.4. The fourth-order valence-corrected chi connectivity index (χ4v) is 6.47. The van der Waals surface area contributed by atoms with Crippen LogP contribution in [0.25, 0.3) is 0 Å². The molecule has 0 aliphatic carbocycles. The van der Waals surface area contributed by atoms with Crippen LogP contribution >= 0.6 is 0 Å². The number of benzene rings is 2. The van der Waals surface area contributed by atoms with Crippen molar-refractivity contribution in [3.8, 4) is 0 Å². The van der Waals surface area contributed by atoms with Crippen molar-refractivity contribution in [2.75, 3.05) is 51.2 Å². The van der Waals surface area contributed by atoms with Crippen LogP contribution in [0.2, 0.25) is 0 Å². The van der Waals surface area contributed by atoms with Gasteiger partial charge in [-0.15, -0.1) is 0 Å². The largest absolute Gasteiger partial charge is 0.465 e. The zero-order chi connectivity index (χ0) is 30.2. The molecular formula is C33H46N4O6. The zero-order valence-corrected chi connectivity index (χ0v) is 25.4. The standard InChI is InChI=1S/C33H46N4O6/c1-3-41-30(39)19-34-33(40)35-27-9-6-8-26(18-27)32-42-29(21-37-17-7-10-28(37)20-36-15-4-5-16-36)23(2)31(43-32)25-13-11-24(22-38)12-14-25/h6,8-9,11-14,18,23,28-29,31-32,38H,3-5,7,10,15-17,19-22H2,1-2H3,(H2,34,35,40)/t23-,28+,29+,31+,32+/m1/s1. The molecule has 3 saturated heterocycles. The number of hydrogen-bond donors (Lipinski definition) is 3. The first-order chi connectivity index (χ1) is 20.9. The summed E-state index contributed by atoms with van der Waals surface area (Å²) in [5, 5.41) is 14.9. The highest BCUT2D eigenvalue weighted by atomic mass is 16.7. The minimum Gasteiger partial charge on any atom is -0.465 e. The maximum Gasteiger partial charge on any atom is 0.325 e. The summed E-state index contributed by atoms with van der Waals surface area (Å²) >= 11 is 0. The van der Waals surface area contributed by atoms with Gasteiger partial charge in [0.25, 0.3) is 0 Å². The normalized spacial score (nSPS) is 26.3. The average Bonchev–Trinajstić information content (AvgIpc) is 3.70. The SMILES string of the molecule is CCOC(=O)CNC(=O)Nc1cccc([C@H]2O[C@@H](CN3CCC[C@H]3CN3CCCC3)[C@@H](C)[C@@H](c3ccc(CO)cc3)O2)c1. The van der Waals surface area contributed by atoms with Gasteiger partial charge in [-0.2, -0.15) is 0 Å². The molecule has 0 saturated carbocycles.